The van der Waals surface area contributed by atoms with Crippen LogP contribution in [0.15, 0.2) is 18.2 Å². The highest BCUT2D eigenvalue weighted by Crippen LogP contribution is 2.18. The largest absolute Gasteiger partial charge is 0.305 e. The molecule has 0 saturated heterocycles. The Balaban J connectivity index is 2.58. The predicted molar refractivity (Wildman–Crippen MR) is 62.2 cm³/mol. The summed E-state index contributed by atoms with van der Waals surface area (Å²) in [6.07, 6.45) is 0. The van der Waals surface area contributed by atoms with Gasteiger partial charge in [0, 0.05) is 11.8 Å². The van der Waals surface area contributed by atoms with Crippen molar-refractivity contribution in [3.8, 4) is 11.9 Å². The summed E-state index contributed by atoms with van der Waals surface area (Å²) >= 11 is 0. The van der Waals surface area contributed by atoms with Gasteiger partial charge in [0.2, 0.25) is 5.69 Å². The van der Waals surface area contributed by atoms with Crippen molar-refractivity contribution in [2.45, 2.75) is 13.8 Å². The van der Waals surface area contributed by atoms with E-state index < -0.39 is 4.92 Å². The Kier molecular flexibility index (Phi) is 2.77. The summed E-state index contributed by atoms with van der Waals surface area (Å²) in [6, 6.07) is 6.31. The Morgan fingerprint density at radius 2 is 2.17 bits per heavy atom. The van der Waals surface area contributed by atoms with Gasteiger partial charge < -0.3 is 0 Å². The number of nitro groups is 1. The molecule has 0 spiro atoms. The van der Waals surface area contributed by atoms with Crippen LogP contribution >= 0.6 is 0 Å². The molecule has 2 heterocycles. The quantitative estimate of drug-likeness (QED) is 0.590. The number of aryl methyl sites for hydroxylation is 2. The molecule has 0 unspecified atom stereocenters. The Bertz CT molecular complexity index is 669. The summed E-state index contributed by atoms with van der Waals surface area (Å²) < 4.78 is 1.54. The van der Waals surface area contributed by atoms with Crippen molar-refractivity contribution in [1.29, 1.82) is 5.26 Å². The van der Waals surface area contributed by atoms with Crippen molar-refractivity contribution in [2.75, 3.05) is 0 Å². The minimum atomic E-state index is -0.628. The monoisotopic (exact) mass is 243 g/mol. The highest BCUT2D eigenvalue weighted by molar-refractivity contribution is 5.47. The third kappa shape index (κ3) is 1.91. The number of hydrogen-bond donors (Lipinski definition) is 0. The average molecular weight is 243 g/mol. The first kappa shape index (κ1) is 11.7. The molecule has 0 radical (unpaired) electrons. The highest BCUT2D eigenvalue weighted by atomic mass is 16.6. The van der Waals surface area contributed by atoms with Crippen molar-refractivity contribution < 1.29 is 4.92 Å². The van der Waals surface area contributed by atoms with Crippen LogP contribution in [0.4, 0.5) is 5.69 Å². The summed E-state index contributed by atoms with van der Waals surface area (Å²) in [5, 5.41) is 23.8. The van der Waals surface area contributed by atoms with Crippen LogP contribution in [0, 0.1) is 35.3 Å². The van der Waals surface area contributed by atoms with Crippen LogP contribution < -0.4 is 0 Å². The van der Waals surface area contributed by atoms with Crippen LogP contribution in [0.2, 0.25) is 0 Å². The summed E-state index contributed by atoms with van der Waals surface area (Å²) in [5.74, 6) is 0.391. The van der Waals surface area contributed by atoms with Crippen molar-refractivity contribution in [2.24, 2.45) is 0 Å². The fourth-order valence-corrected chi connectivity index (χ4v) is 1.65. The average Bonchev–Trinajstić information content (AvgIpc) is 2.67. The maximum atomic E-state index is 10.7. The van der Waals surface area contributed by atoms with Crippen LogP contribution in [-0.4, -0.2) is 19.7 Å². The topological polar surface area (TPSA) is 97.6 Å². The SMILES string of the molecule is Cc1cc(C)n(-c2ccc([N+](=O)[O-])c(C#N)n2)n1. The Morgan fingerprint density at radius 3 is 2.67 bits per heavy atom. The van der Waals surface area contributed by atoms with Gasteiger partial charge in [-0.3, -0.25) is 10.1 Å². The number of nitriles is 1. The van der Waals surface area contributed by atoms with Gasteiger partial charge in [-0.25, -0.2) is 9.67 Å². The van der Waals surface area contributed by atoms with Gasteiger partial charge >= 0.3 is 5.69 Å². The second kappa shape index (κ2) is 4.25. The maximum absolute atomic E-state index is 10.7. The third-order valence-electron chi connectivity index (χ3n) is 2.39. The van der Waals surface area contributed by atoms with Gasteiger partial charge in [0.1, 0.15) is 6.07 Å². The first-order chi connectivity index (χ1) is 8.52. The van der Waals surface area contributed by atoms with E-state index in [1.54, 1.807) is 10.8 Å². The zero-order valence-corrected chi connectivity index (χ0v) is 9.78. The van der Waals surface area contributed by atoms with E-state index in [1.165, 1.54) is 12.1 Å². The predicted octanol–water partition coefficient (Wildman–Crippen LogP) is 1.66. The molecule has 90 valence electrons. The molecule has 0 aliphatic carbocycles. The fraction of sp³-hybridized carbons (Fsp3) is 0.182. The minimum Gasteiger partial charge on any atom is -0.258 e. The Morgan fingerprint density at radius 1 is 1.44 bits per heavy atom. The first-order valence-electron chi connectivity index (χ1n) is 5.12. The van der Waals surface area contributed by atoms with Gasteiger partial charge in [0.15, 0.2) is 5.82 Å². The van der Waals surface area contributed by atoms with Crippen molar-refractivity contribution in [1.82, 2.24) is 14.8 Å². The molecule has 0 aromatic carbocycles. The van der Waals surface area contributed by atoms with Crippen LogP contribution in [0.3, 0.4) is 0 Å². The van der Waals surface area contributed by atoms with E-state index >= 15 is 0 Å². The molecule has 18 heavy (non-hydrogen) atoms. The second-order valence-corrected chi connectivity index (χ2v) is 3.74. The minimum absolute atomic E-state index is 0.218. The zero-order valence-electron chi connectivity index (χ0n) is 9.78. The van der Waals surface area contributed by atoms with E-state index in [4.69, 9.17) is 5.26 Å². The molecule has 0 aliphatic heterocycles. The van der Waals surface area contributed by atoms with E-state index in [0.717, 1.165) is 11.4 Å². The van der Waals surface area contributed by atoms with E-state index in [9.17, 15) is 10.1 Å². The molecule has 2 rings (SSSR count). The van der Waals surface area contributed by atoms with Crippen LogP contribution in [-0.2, 0) is 0 Å². The van der Waals surface area contributed by atoms with Crippen LogP contribution in [0.25, 0.3) is 5.82 Å². The number of rotatable bonds is 2. The second-order valence-electron chi connectivity index (χ2n) is 3.74. The lowest BCUT2D eigenvalue weighted by atomic mass is 10.3. The molecule has 0 amide bonds. The number of nitrogens with zero attached hydrogens (tertiary/aromatic N) is 5. The zero-order chi connectivity index (χ0) is 13.3. The molecule has 7 nitrogen and oxygen atoms in total. The lowest BCUT2D eigenvalue weighted by molar-refractivity contribution is -0.385. The van der Waals surface area contributed by atoms with E-state index in [0.29, 0.717) is 5.82 Å². The molecule has 2 aromatic rings. The van der Waals surface area contributed by atoms with Gasteiger partial charge in [-0.2, -0.15) is 10.4 Å². The normalized spacial score (nSPS) is 10.1. The van der Waals surface area contributed by atoms with Gasteiger partial charge in [-0.15, -0.1) is 0 Å². The van der Waals surface area contributed by atoms with Crippen molar-refractivity contribution >= 4 is 5.69 Å². The third-order valence-corrected chi connectivity index (χ3v) is 2.39. The molecular formula is C11H9N5O2. The summed E-state index contributed by atoms with van der Waals surface area (Å²) in [5.41, 5.74) is 1.14. The molecule has 2 aromatic heterocycles. The van der Waals surface area contributed by atoms with Gasteiger partial charge in [0.05, 0.1) is 10.6 Å². The van der Waals surface area contributed by atoms with Crippen LogP contribution in [0.5, 0.6) is 0 Å². The lowest BCUT2D eigenvalue weighted by Gasteiger charge is -2.03. The Labute approximate surface area is 102 Å². The van der Waals surface area contributed by atoms with Crippen molar-refractivity contribution in [3.63, 3.8) is 0 Å². The molecule has 0 atom stereocenters. The summed E-state index contributed by atoms with van der Waals surface area (Å²) in [7, 11) is 0. The van der Waals surface area contributed by atoms with Gasteiger partial charge in [-0.05, 0) is 26.0 Å². The highest BCUT2D eigenvalue weighted by Gasteiger charge is 2.17. The Hall–Kier alpha value is -2.75. The number of pyridine rings is 1. The molecule has 0 bridgehead atoms. The number of hydrogen-bond acceptors (Lipinski definition) is 5. The van der Waals surface area contributed by atoms with E-state index in [1.807, 2.05) is 19.9 Å². The fourth-order valence-electron chi connectivity index (χ4n) is 1.65. The molecule has 0 saturated carbocycles. The molecule has 7 heteroatoms. The first-order valence-corrected chi connectivity index (χ1v) is 5.12. The molecular weight excluding hydrogens is 234 g/mol. The van der Waals surface area contributed by atoms with Gasteiger partial charge in [-0.1, -0.05) is 0 Å². The molecule has 0 fully saturated rings. The molecule has 0 aliphatic rings. The summed E-state index contributed by atoms with van der Waals surface area (Å²) in [4.78, 5) is 14.0. The lowest BCUT2D eigenvalue weighted by Crippen LogP contribution is -2.04. The number of aromatic nitrogens is 3. The summed E-state index contributed by atoms with van der Waals surface area (Å²) in [6.45, 7) is 3.68. The van der Waals surface area contributed by atoms with Crippen LogP contribution in [0.1, 0.15) is 17.1 Å². The van der Waals surface area contributed by atoms with E-state index in [2.05, 4.69) is 10.1 Å². The smallest absolute Gasteiger partial charge is 0.258 e. The molecule has 0 N–H and O–H groups in total. The van der Waals surface area contributed by atoms with Gasteiger partial charge in [0.25, 0.3) is 0 Å². The van der Waals surface area contributed by atoms with Crippen molar-refractivity contribution in [3.05, 3.63) is 45.4 Å². The van der Waals surface area contributed by atoms with E-state index in [-0.39, 0.29) is 11.4 Å². The standard InChI is InChI=1S/C11H9N5O2/c1-7-5-8(2)15(14-7)11-4-3-10(16(17)18)9(6-12)13-11/h3-5H,1-2H3. The maximum Gasteiger partial charge on any atom is 0.305 e.